The van der Waals surface area contributed by atoms with Crippen molar-refractivity contribution in [1.29, 1.82) is 0 Å². The van der Waals surface area contributed by atoms with Gasteiger partial charge in [0.05, 0.1) is 12.0 Å². The van der Waals surface area contributed by atoms with Gasteiger partial charge < -0.3 is 10.5 Å². The third-order valence-corrected chi connectivity index (χ3v) is 5.71. The van der Waals surface area contributed by atoms with Gasteiger partial charge in [-0.1, -0.05) is 6.42 Å². The van der Waals surface area contributed by atoms with E-state index in [2.05, 4.69) is 0 Å². The average molecular weight is 298 g/mol. The fourth-order valence-corrected chi connectivity index (χ4v) is 4.41. The number of benzene rings is 1. The molecule has 2 atom stereocenters. The number of rotatable bonds is 4. The molecule has 0 saturated carbocycles. The summed E-state index contributed by atoms with van der Waals surface area (Å²) in [5, 5.41) is 0. The molecule has 1 aromatic carbocycles. The molecule has 20 heavy (non-hydrogen) atoms. The van der Waals surface area contributed by atoms with E-state index in [1.165, 1.54) is 0 Å². The van der Waals surface area contributed by atoms with Gasteiger partial charge in [0, 0.05) is 18.6 Å². The van der Waals surface area contributed by atoms with Crippen molar-refractivity contribution in [2.75, 3.05) is 13.7 Å². The molecule has 0 amide bonds. The van der Waals surface area contributed by atoms with Gasteiger partial charge in [-0.2, -0.15) is 4.31 Å². The summed E-state index contributed by atoms with van der Waals surface area (Å²) in [6.45, 7) is 2.41. The van der Waals surface area contributed by atoms with E-state index in [1.54, 1.807) is 35.7 Å². The first kappa shape index (κ1) is 15.3. The second-order valence-corrected chi connectivity index (χ2v) is 7.10. The first-order chi connectivity index (χ1) is 9.46. The van der Waals surface area contributed by atoms with Crippen LogP contribution in [0.25, 0.3) is 0 Å². The predicted octanol–water partition coefficient (Wildman–Crippen LogP) is 1.59. The maximum absolute atomic E-state index is 12.7. The number of methoxy groups -OCH3 is 1. The Morgan fingerprint density at radius 2 is 1.95 bits per heavy atom. The standard InChI is InChI=1S/C14H22N2O3S/c1-11(15)14-5-3-4-10-16(14)20(17,18)13-8-6-12(19-2)7-9-13/h6-9,11,14H,3-5,10,15H2,1-2H3/t11-,14+/m0/s1. The van der Waals surface area contributed by atoms with Crippen LogP contribution in [0.4, 0.5) is 0 Å². The van der Waals surface area contributed by atoms with Gasteiger partial charge in [-0.05, 0) is 44.0 Å². The lowest BCUT2D eigenvalue weighted by atomic mass is 10.00. The lowest BCUT2D eigenvalue weighted by molar-refractivity contribution is 0.227. The molecule has 6 heteroatoms. The summed E-state index contributed by atoms with van der Waals surface area (Å²) in [5.41, 5.74) is 5.95. The van der Waals surface area contributed by atoms with Crippen molar-refractivity contribution in [3.8, 4) is 5.75 Å². The fourth-order valence-electron chi connectivity index (χ4n) is 2.64. The van der Waals surface area contributed by atoms with Gasteiger partial charge in [0.2, 0.25) is 10.0 Å². The number of piperidine rings is 1. The lowest BCUT2D eigenvalue weighted by Gasteiger charge is -2.36. The summed E-state index contributed by atoms with van der Waals surface area (Å²) in [6.07, 6.45) is 2.74. The van der Waals surface area contributed by atoms with Crippen LogP contribution < -0.4 is 10.5 Å². The number of nitrogens with two attached hydrogens (primary N) is 1. The molecule has 2 rings (SSSR count). The zero-order valence-electron chi connectivity index (χ0n) is 12.0. The van der Waals surface area contributed by atoms with E-state index in [-0.39, 0.29) is 12.1 Å². The first-order valence-electron chi connectivity index (χ1n) is 6.88. The van der Waals surface area contributed by atoms with Crippen LogP contribution in [0.15, 0.2) is 29.2 Å². The number of sulfonamides is 1. The highest BCUT2D eigenvalue weighted by molar-refractivity contribution is 7.89. The van der Waals surface area contributed by atoms with Crippen molar-refractivity contribution in [3.05, 3.63) is 24.3 Å². The molecule has 1 aromatic rings. The van der Waals surface area contributed by atoms with E-state index in [4.69, 9.17) is 10.5 Å². The van der Waals surface area contributed by atoms with Crippen LogP contribution >= 0.6 is 0 Å². The molecule has 1 fully saturated rings. The van der Waals surface area contributed by atoms with E-state index < -0.39 is 10.0 Å². The van der Waals surface area contributed by atoms with E-state index in [0.29, 0.717) is 17.2 Å². The molecule has 1 aliphatic heterocycles. The molecule has 0 aliphatic carbocycles. The van der Waals surface area contributed by atoms with E-state index in [9.17, 15) is 8.42 Å². The summed E-state index contributed by atoms with van der Waals surface area (Å²) in [5.74, 6) is 0.645. The van der Waals surface area contributed by atoms with Crippen molar-refractivity contribution >= 4 is 10.0 Å². The molecule has 1 heterocycles. The number of ether oxygens (including phenoxy) is 1. The Bertz CT molecular complexity index is 540. The van der Waals surface area contributed by atoms with Gasteiger partial charge in [0.15, 0.2) is 0 Å². The molecular weight excluding hydrogens is 276 g/mol. The Balaban J connectivity index is 2.31. The molecule has 1 aliphatic rings. The van der Waals surface area contributed by atoms with Gasteiger partial charge >= 0.3 is 0 Å². The summed E-state index contributed by atoms with van der Waals surface area (Å²) >= 11 is 0. The van der Waals surface area contributed by atoms with Gasteiger partial charge in [0.1, 0.15) is 5.75 Å². The van der Waals surface area contributed by atoms with E-state index >= 15 is 0 Å². The Morgan fingerprint density at radius 3 is 2.50 bits per heavy atom. The zero-order valence-corrected chi connectivity index (χ0v) is 12.8. The van der Waals surface area contributed by atoms with Crippen LogP contribution in [-0.4, -0.2) is 38.5 Å². The minimum atomic E-state index is -3.48. The van der Waals surface area contributed by atoms with Crippen LogP contribution in [0.5, 0.6) is 5.75 Å². The monoisotopic (exact) mass is 298 g/mol. The highest BCUT2D eigenvalue weighted by Crippen LogP contribution is 2.27. The molecule has 2 N–H and O–H groups in total. The molecule has 5 nitrogen and oxygen atoms in total. The minimum absolute atomic E-state index is 0.115. The molecule has 1 saturated heterocycles. The summed E-state index contributed by atoms with van der Waals surface area (Å²) < 4.78 is 32.1. The van der Waals surface area contributed by atoms with Crippen LogP contribution in [0.2, 0.25) is 0 Å². The number of hydrogen-bond donors (Lipinski definition) is 1. The maximum Gasteiger partial charge on any atom is 0.243 e. The zero-order chi connectivity index (χ0) is 14.8. The largest absolute Gasteiger partial charge is 0.497 e. The second-order valence-electron chi connectivity index (χ2n) is 5.21. The van der Waals surface area contributed by atoms with Gasteiger partial charge in [-0.25, -0.2) is 8.42 Å². The molecule has 0 aromatic heterocycles. The van der Waals surface area contributed by atoms with Crippen molar-refractivity contribution < 1.29 is 13.2 Å². The molecule has 0 spiro atoms. The Morgan fingerprint density at radius 1 is 1.30 bits per heavy atom. The number of nitrogens with zero attached hydrogens (tertiary/aromatic N) is 1. The molecule has 0 unspecified atom stereocenters. The average Bonchev–Trinajstić information content (AvgIpc) is 2.47. The molecule has 112 valence electrons. The van der Waals surface area contributed by atoms with Gasteiger partial charge in [-0.15, -0.1) is 0 Å². The van der Waals surface area contributed by atoms with Gasteiger partial charge in [0.25, 0.3) is 0 Å². The topological polar surface area (TPSA) is 72.6 Å². The van der Waals surface area contributed by atoms with Crippen LogP contribution in [0, 0.1) is 0 Å². The predicted molar refractivity (Wildman–Crippen MR) is 78.2 cm³/mol. The summed E-state index contributed by atoms with van der Waals surface area (Å²) in [6, 6.07) is 6.22. The highest BCUT2D eigenvalue weighted by atomic mass is 32.2. The fraction of sp³-hybridized carbons (Fsp3) is 0.571. The highest BCUT2D eigenvalue weighted by Gasteiger charge is 2.35. The lowest BCUT2D eigenvalue weighted by Crippen LogP contribution is -2.51. The Kier molecular flexibility index (Phi) is 4.67. The summed E-state index contributed by atoms with van der Waals surface area (Å²) in [4.78, 5) is 0.297. The Labute approximate surface area is 120 Å². The van der Waals surface area contributed by atoms with Crippen molar-refractivity contribution in [3.63, 3.8) is 0 Å². The second kappa shape index (κ2) is 6.11. The summed E-state index contributed by atoms with van der Waals surface area (Å²) in [7, 11) is -1.93. The van der Waals surface area contributed by atoms with E-state index in [1.807, 2.05) is 6.92 Å². The molecular formula is C14H22N2O3S. The molecule has 0 radical (unpaired) electrons. The van der Waals surface area contributed by atoms with Crippen molar-refractivity contribution in [2.45, 2.75) is 43.2 Å². The van der Waals surface area contributed by atoms with Crippen molar-refractivity contribution in [2.24, 2.45) is 5.73 Å². The SMILES string of the molecule is COc1ccc(S(=O)(=O)N2CCCC[C@@H]2[C@H](C)N)cc1. The first-order valence-corrected chi connectivity index (χ1v) is 8.32. The van der Waals surface area contributed by atoms with Gasteiger partial charge in [-0.3, -0.25) is 0 Å². The normalized spacial score (nSPS) is 22.4. The van der Waals surface area contributed by atoms with Crippen LogP contribution in [0.3, 0.4) is 0 Å². The smallest absolute Gasteiger partial charge is 0.243 e. The Hall–Kier alpha value is -1.11. The minimum Gasteiger partial charge on any atom is -0.497 e. The van der Waals surface area contributed by atoms with Crippen LogP contribution in [0.1, 0.15) is 26.2 Å². The number of hydrogen-bond acceptors (Lipinski definition) is 4. The third-order valence-electron chi connectivity index (χ3n) is 3.77. The maximum atomic E-state index is 12.7. The van der Waals surface area contributed by atoms with Crippen LogP contribution in [-0.2, 0) is 10.0 Å². The van der Waals surface area contributed by atoms with E-state index in [0.717, 1.165) is 19.3 Å². The molecule has 0 bridgehead atoms. The third kappa shape index (κ3) is 2.97. The van der Waals surface area contributed by atoms with Crippen molar-refractivity contribution in [1.82, 2.24) is 4.31 Å². The quantitative estimate of drug-likeness (QED) is 0.916.